The van der Waals surface area contributed by atoms with Crippen molar-refractivity contribution in [2.45, 2.75) is 19.8 Å². The molecule has 0 spiro atoms. The number of alkyl halides is 3. The molecule has 1 aromatic rings. The number of rotatable bonds is 2. The lowest BCUT2D eigenvalue weighted by atomic mass is 10.2. The highest BCUT2D eigenvalue weighted by Crippen LogP contribution is 2.25. The molecule has 0 amide bonds. The zero-order valence-corrected chi connectivity index (χ0v) is 7.43. The maximum Gasteiger partial charge on any atom is 0.573 e. The highest BCUT2D eigenvalue weighted by atomic mass is 19.4. The Hall–Kier alpha value is -1.30. The second kappa shape index (κ2) is 3.83. The number of aromatic nitrogens is 1. The summed E-state index contributed by atoms with van der Waals surface area (Å²) in [6, 6.07) is 1.46. The van der Waals surface area contributed by atoms with Gasteiger partial charge in [0.2, 0.25) is 0 Å². The minimum atomic E-state index is -4.68. The predicted molar refractivity (Wildman–Crippen MR) is 43.5 cm³/mol. The second-order valence-electron chi connectivity index (χ2n) is 2.69. The van der Waals surface area contributed by atoms with Crippen LogP contribution in [0.3, 0.4) is 0 Å². The third-order valence-corrected chi connectivity index (χ3v) is 1.55. The van der Waals surface area contributed by atoms with Gasteiger partial charge in [-0.2, -0.15) is 0 Å². The van der Waals surface area contributed by atoms with Gasteiger partial charge in [0.05, 0.1) is 11.9 Å². The number of nitrogens with two attached hydrogens (primary N) is 1. The van der Waals surface area contributed by atoms with Gasteiger partial charge in [-0.05, 0) is 18.6 Å². The molecule has 78 valence electrons. The minimum Gasteiger partial charge on any atom is -0.404 e. The topological polar surface area (TPSA) is 48.1 Å². The molecule has 0 radical (unpaired) electrons. The first-order valence-electron chi connectivity index (χ1n) is 3.83. The van der Waals surface area contributed by atoms with E-state index in [1.54, 1.807) is 0 Å². The van der Waals surface area contributed by atoms with Crippen LogP contribution in [0.4, 0.5) is 13.2 Å². The van der Waals surface area contributed by atoms with Gasteiger partial charge >= 0.3 is 6.36 Å². The Balaban J connectivity index is 2.89. The van der Waals surface area contributed by atoms with E-state index in [1.807, 2.05) is 0 Å². The van der Waals surface area contributed by atoms with E-state index in [4.69, 9.17) is 5.73 Å². The zero-order chi connectivity index (χ0) is 10.8. The number of ether oxygens (including phenoxy) is 1. The average molecular weight is 206 g/mol. The first-order valence-corrected chi connectivity index (χ1v) is 3.83. The highest BCUT2D eigenvalue weighted by Gasteiger charge is 2.31. The summed E-state index contributed by atoms with van der Waals surface area (Å²) in [4.78, 5) is 3.69. The smallest absolute Gasteiger partial charge is 0.404 e. The van der Waals surface area contributed by atoms with Gasteiger partial charge in [0, 0.05) is 6.54 Å². The van der Waals surface area contributed by atoms with Gasteiger partial charge in [-0.15, -0.1) is 13.2 Å². The summed E-state index contributed by atoms with van der Waals surface area (Å²) < 4.78 is 39.2. The summed E-state index contributed by atoms with van der Waals surface area (Å²) in [5, 5.41) is 0. The molecule has 14 heavy (non-hydrogen) atoms. The van der Waals surface area contributed by atoms with Crippen molar-refractivity contribution >= 4 is 0 Å². The van der Waals surface area contributed by atoms with Crippen molar-refractivity contribution in [3.63, 3.8) is 0 Å². The van der Waals surface area contributed by atoms with Crippen molar-refractivity contribution in [3.8, 4) is 5.75 Å². The third kappa shape index (κ3) is 2.88. The molecule has 1 heterocycles. The molecule has 1 aromatic heterocycles. The molecule has 0 aliphatic heterocycles. The van der Waals surface area contributed by atoms with Crippen LogP contribution in [0.2, 0.25) is 0 Å². The summed E-state index contributed by atoms with van der Waals surface area (Å²) in [6.07, 6.45) is -3.66. The average Bonchev–Trinajstić information content (AvgIpc) is 2.06. The van der Waals surface area contributed by atoms with Crippen LogP contribution >= 0.6 is 0 Å². The van der Waals surface area contributed by atoms with Crippen LogP contribution in [0.25, 0.3) is 0 Å². The fourth-order valence-electron chi connectivity index (χ4n) is 0.945. The fourth-order valence-corrected chi connectivity index (χ4v) is 0.945. The number of pyridine rings is 1. The van der Waals surface area contributed by atoms with Crippen LogP contribution in [0.1, 0.15) is 11.3 Å². The van der Waals surface area contributed by atoms with E-state index in [1.165, 1.54) is 13.0 Å². The molecule has 0 aliphatic carbocycles. The SMILES string of the molecule is Cc1cc(CN)ncc1OC(F)(F)F. The Morgan fingerprint density at radius 1 is 1.50 bits per heavy atom. The Morgan fingerprint density at radius 2 is 2.14 bits per heavy atom. The third-order valence-electron chi connectivity index (χ3n) is 1.55. The van der Waals surface area contributed by atoms with Crippen LogP contribution < -0.4 is 10.5 Å². The van der Waals surface area contributed by atoms with Gasteiger partial charge in [0.1, 0.15) is 0 Å². The quantitative estimate of drug-likeness (QED) is 0.801. The van der Waals surface area contributed by atoms with E-state index in [0.29, 0.717) is 11.3 Å². The van der Waals surface area contributed by atoms with E-state index in [2.05, 4.69) is 9.72 Å². The second-order valence-corrected chi connectivity index (χ2v) is 2.69. The van der Waals surface area contributed by atoms with E-state index in [9.17, 15) is 13.2 Å². The van der Waals surface area contributed by atoms with Crippen molar-refractivity contribution in [1.29, 1.82) is 0 Å². The van der Waals surface area contributed by atoms with Gasteiger partial charge in [-0.3, -0.25) is 4.98 Å². The maximum atomic E-state index is 11.8. The largest absolute Gasteiger partial charge is 0.573 e. The van der Waals surface area contributed by atoms with Crippen LogP contribution in [0, 0.1) is 6.92 Å². The summed E-state index contributed by atoms with van der Waals surface area (Å²) >= 11 is 0. The summed E-state index contributed by atoms with van der Waals surface area (Å²) in [5.74, 6) is -0.297. The van der Waals surface area contributed by atoms with Gasteiger partial charge in [-0.1, -0.05) is 0 Å². The van der Waals surface area contributed by atoms with Gasteiger partial charge in [0.25, 0.3) is 0 Å². The number of hydrogen-bond donors (Lipinski definition) is 1. The first kappa shape index (κ1) is 10.8. The lowest BCUT2D eigenvalue weighted by molar-refractivity contribution is -0.275. The lowest BCUT2D eigenvalue weighted by Crippen LogP contribution is -2.18. The summed E-state index contributed by atoms with van der Waals surface area (Å²) in [5.41, 5.74) is 6.15. The van der Waals surface area contributed by atoms with E-state index in [-0.39, 0.29) is 12.3 Å². The highest BCUT2D eigenvalue weighted by molar-refractivity contribution is 5.31. The standard InChI is InChI=1S/C8H9F3N2O/c1-5-2-6(3-12)13-4-7(5)14-8(9,10)11/h2,4H,3,12H2,1H3. The van der Waals surface area contributed by atoms with Crippen molar-refractivity contribution in [2.24, 2.45) is 5.73 Å². The molecule has 0 fully saturated rings. The van der Waals surface area contributed by atoms with Crippen LogP contribution in [-0.2, 0) is 6.54 Å². The first-order chi connectivity index (χ1) is 6.42. The normalized spacial score (nSPS) is 11.5. The molecule has 6 heteroatoms. The molecular formula is C8H9F3N2O. The fraction of sp³-hybridized carbons (Fsp3) is 0.375. The molecule has 0 saturated carbocycles. The zero-order valence-electron chi connectivity index (χ0n) is 7.43. The van der Waals surface area contributed by atoms with E-state index < -0.39 is 6.36 Å². The Labute approximate surface area is 78.7 Å². The lowest BCUT2D eigenvalue weighted by Gasteiger charge is -2.11. The molecule has 0 aromatic carbocycles. The van der Waals surface area contributed by atoms with Gasteiger partial charge in [0.15, 0.2) is 5.75 Å². The van der Waals surface area contributed by atoms with Crippen molar-refractivity contribution < 1.29 is 17.9 Å². The molecule has 1 rings (SSSR count). The molecule has 0 unspecified atom stereocenters. The molecule has 0 aliphatic rings. The molecule has 0 bridgehead atoms. The number of hydrogen-bond acceptors (Lipinski definition) is 3. The van der Waals surface area contributed by atoms with Gasteiger partial charge < -0.3 is 10.5 Å². The monoisotopic (exact) mass is 206 g/mol. The Bertz CT molecular complexity index is 325. The van der Waals surface area contributed by atoms with Crippen LogP contribution in [0.15, 0.2) is 12.3 Å². The number of nitrogens with zero attached hydrogens (tertiary/aromatic N) is 1. The number of halogens is 3. The van der Waals surface area contributed by atoms with Crippen molar-refractivity contribution in [3.05, 3.63) is 23.5 Å². The van der Waals surface area contributed by atoms with Crippen LogP contribution in [0.5, 0.6) is 5.75 Å². The van der Waals surface area contributed by atoms with Crippen LogP contribution in [-0.4, -0.2) is 11.3 Å². The summed E-state index contributed by atoms with van der Waals surface area (Å²) in [7, 11) is 0. The molecule has 3 nitrogen and oxygen atoms in total. The van der Waals surface area contributed by atoms with Crippen molar-refractivity contribution in [2.75, 3.05) is 0 Å². The summed E-state index contributed by atoms with van der Waals surface area (Å²) in [6.45, 7) is 1.69. The Morgan fingerprint density at radius 3 is 2.57 bits per heavy atom. The molecular weight excluding hydrogens is 197 g/mol. The maximum absolute atomic E-state index is 11.8. The van der Waals surface area contributed by atoms with Gasteiger partial charge in [-0.25, -0.2) is 0 Å². The minimum absolute atomic E-state index is 0.188. The van der Waals surface area contributed by atoms with E-state index >= 15 is 0 Å². The number of aryl methyl sites for hydroxylation is 1. The van der Waals surface area contributed by atoms with E-state index in [0.717, 1.165) is 6.20 Å². The molecule has 0 saturated heterocycles. The molecule has 2 N–H and O–H groups in total. The van der Waals surface area contributed by atoms with Crippen molar-refractivity contribution in [1.82, 2.24) is 4.98 Å². The predicted octanol–water partition coefficient (Wildman–Crippen LogP) is 1.75. The Kier molecular flexibility index (Phi) is 2.95. The molecule has 0 atom stereocenters.